The third-order valence-electron chi connectivity index (χ3n) is 4.85. The molecule has 23 heavy (non-hydrogen) atoms. The molecule has 120 valence electrons. The van der Waals surface area contributed by atoms with Crippen LogP contribution in [0.5, 0.6) is 0 Å². The van der Waals surface area contributed by atoms with E-state index in [1.807, 2.05) is 0 Å². The number of amides is 4. The van der Waals surface area contributed by atoms with Gasteiger partial charge in [0.15, 0.2) is 0 Å². The maximum atomic E-state index is 12.7. The van der Waals surface area contributed by atoms with Crippen LogP contribution < -0.4 is 4.90 Å². The Kier molecular flexibility index (Phi) is 3.30. The first-order chi connectivity index (χ1) is 11.1. The van der Waals surface area contributed by atoms with Gasteiger partial charge < -0.3 is 9.80 Å². The van der Waals surface area contributed by atoms with Gasteiger partial charge in [0.2, 0.25) is 5.91 Å². The molecule has 3 heterocycles. The molecule has 1 aromatic carbocycles. The summed E-state index contributed by atoms with van der Waals surface area (Å²) in [6, 6.07) is 5.63. The minimum atomic E-state index is -0.684. The van der Waals surface area contributed by atoms with E-state index in [0.29, 0.717) is 31.0 Å². The second-order valence-electron chi connectivity index (χ2n) is 6.11. The van der Waals surface area contributed by atoms with E-state index in [2.05, 4.69) is 0 Å². The van der Waals surface area contributed by atoms with Crippen LogP contribution in [0.1, 0.15) is 19.3 Å². The molecular weight excluding hydrogens is 318 g/mol. The molecule has 1 aromatic rings. The van der Waals surface area contributed by atoms with E-state index in [4.69, 9.17) is 11.6 Å². The van der Waals surface area contributed by atoms with Gasteiger partial charge in [-0.3, -0.25) is 9.59 Å². The summed E-state index contributed by atoms with van der Waals surface area (Å²) in [6.07, 6.45) is 2.02. The first-order valence-electron chi connectivity index (χ1n) is 7.78. The van der Waals surface area contributed by atoms with Crippen LogP contribution in [0.3, 0.4) is 0 Å². The summed E-state index contributed by atoms with van der Waals surface area (Å²) in [5.41, 5.74) is 0.737. The first-order valence-corrected chi connectivity index (χ1v) is 8.16. The van der Waals surface area contributed by atoms with Crippen LogP contribution in [0.4, 0.5) is 10.5 Å². The maximum Gasteiger partial charge on any atom is 0.328 e. The zero-order valence-corrected chi connectivity index (χ0v) is 13.2. The van der Waals surface area contributed by atoms with Gasteiger partial charge in [0.1, 0.15) is 12.1 Å². The Labute approximate surface area is 138 Å². The number of carbonyl (C=O) groups is 3. The molecule has 0 N–H and O–H groups in total. The minimum absolute atomic E-state index is 0.199. The summed E-state index contributed by atoms with van der Waals surface area (Å²) in [5.74, 6) is -0.418. The predicted octanol–water partition coefficient (Wildman–Crippen LogP) is 1.87. The molecule has 3 aliphatic rings. The summed E-state index contributed by atoms with van der Waals surface area (Å²) in [4.78, 5) is 42.1. The molecule has 0 bridgehead atoms. The van der Waals surface area contributed by atoms with E-state index in [0.717, 1.165) is 12.1 Å². The Bertz CT molecular complexity index is 668. The van der Waals surface area contributed by atoms with Crippen molar-refractivity contribution in [3.8, 4) is 0 Å². The lowest BCUT2D eigenvalue weighted by atomic mass is 10.1. The Morgan fingerprint density at radius 2 is 1.65 bits per heavy atom. The van der Waals surface area contributed by atoms with Crippen LogP contribution >= 0.6 is 11.6 Å². The standard InChI is InChI=1S/C16H16ClN3O3/c17-10-3-5-11(6-4-10)18-9-7-13(14(18)21)20-15(22)12-2-1-8-19(12)16(20)23/h3-6,12-13H,1-2,7-9H2/t12-,13?/m0/s1. The highest BCUT2D eigenvalue weighted by molar-refractivity contribution is 6.30. The smallest absolute Gasteiger partial charge is 0.312 e. The molecule has 3 fully saturated rings. The van der Waals surface area contributed by atoms with E-state index in [1.54, 1.807) is 34.1 Å². The fourth-order valence-corrected chi connectivity index (χ4v) is 3.84. The molecule has 3 aliphatic heterocycles. The van der Waals surface area contributed by atoms with E-state index in [9.17, 15) is 14.4 Å². The van der Waals surface area contributed by atoms with Gasteiger partial charge in [0.05, 0.1) is 0 Å². The Hall–Kier alpha value is -2.08. The molecule has 4 rings (SSSR count). The Balaban J connectivity index is 1.57. The van der Waals surface area contributed by atoms with Gasteiger partial charge >= 0.3 is 6.03 Å². The first kappa shape index (κ1) is 14.5. The fraction of sp³-hybridized carbons (Fsp3) is 0.438. The van der Waals surface area contributed by atoms with Crippen molar-refractivity contribution < 1.29 is 14.4 Å². The highest BCUT2D eigenvalue weighted by Crippen LogP contribution is 2.33. The van der Waals surface area contributed by atoms with Crippen LogP contribution in [0.25, 0.3) is 0 Å². The van der Waals surface area contributed by atoms with Gasteiger partial charge in [0, 0.05) is 23.8 Å². The van der Waals surface area contributed by atoms with Crippen LogP contribution in [-0.2, 0) is 9.59 Å². The number of hydrogen-bond acceptors (Lipinski definition) is 3. The monoisotopic (exact) mass is 333 g/mol. The molecule has 2 atom stereocenters. The number of halogens is 1. The van der Waals surface area contributed by atoms with Crippen molar-refractivity contribution in [2.75, 3.05) is 18.0 Å². The molecule has 0 saturated carbocycles. The normalized spacial score (nSPS) is 27.3. The van der Waals surface area contributed by atoms with Crippen molar-refractivity contribution >= 4 is 35.1 Å². The number of nitrogens with zero attached hydrogens (tertiary/aromatic N) is 3. The largest absolute Gasteiger partial charge is 0.328 e. The molecule has 1 unspecified atom stereocenters. The number of anilines is 1. The summed E-state index contributed by atoms with van der Waals surface area (Å²) >= 11 is 5.87. The zero-order chi connectivity index (χ0) is 16.1. The van der Waals surface area contributed by atoms with Crippen molar-refractivity contribution in [2.24, 2.45) is 0 Å². The molecular formula is C16H16ClN3O3. The quantitative estimate of drug-likeness (QED) is 0.776. The molecule has 0 aliphatic carbocycles. The van der Waals surface area contributed by atoms with Crippen molar-refractivity contribution in [3.63, 3.8) is 0 Å². The van der Waals surface area contributed by atoms with Gasteiger partial charge in [-0.1, -0.05) is 11.6 Å². The number of benzene rings is 1. The number of carbonyl (C=O) groups excluding carboxylic acids is 3. The average molecular weight is 334 g/mol. The molecule has 7 heteroatoms. The van der Waals surface area contributed by atoms with Gasteiger partial charge in [-0.2, -0.15) is 0 Å². The SMILES string of the molecule is O=C1C(N2C(=O)[C@@H]3CCCN3C2=O)CCN1c1ccc(Cl)cc1. The Morgan fingerprint density at radius 1 is 0.913 bits per heavy atom. The van der Waals surface area contributed by atoms with E-state index in [-0.39, 0.29) is 23.9 Å². The summed E-state index contributed by atoms with van der Waals surface area (Å²) in [6.45, 7) is 1.10. The van der Waals surface area contributed by atoms with Crippen molar-refractivity contribution in [1.29, 1.82) is 0 Å². The summed E-state index contributed by atoms with van der Waals surface area (Å²) < 4.78 is 0. The van der Waals surface area contributed by atoms with Crippen molar-refractivity contribution in [1.82, 2.24) is 9.80 Å². The summed E-state index contributed by atoms with van der Waals surface area (Å²) in [5, 5.41) is 0.600. The highest BCUT2D eigenvalue weighted by Gasteiger charge is 2.53. The minimum Gasteiger partial charge on any atom is -0.312 e. The summed E-state index contributed by atoms with van der Waals surface area (Å²) in [7, 11) is 0. The maximum absolute atomic E-state index is 12.7. The Morgan fingerprint density at radius 3 is 2.35 bits per heavy atom. The van der Waals surface area contributed by atoms with Gasteiger partial charge in [-0.05, 0) is 43.5 Å². The lowest BCUT2D eigenvalue weighted by molar-refractivity contribution is -0.133. The zero-order valence-electron chi connectivity index (χ0n) is 12.4. The van der Waals surface area contributed by atoms with E-state index < -0.39 is 6.04 Å². The lowest BCUT2D eigenvalue weighted by Crippen LogP contribution is -2.46. The number of urea groups is 1. The number of hydrogen-bond donors (Lipinski definition) is 0. The van der Waals surface area contributed by atoms with Crippen LogP contribution in [-0.4, -0.2) is 52.8 Å². The van der Waals surface area contributed by atoms with Gasteiger partial charge in [-0.25, -0.2) is 9.69 Å². The number of imide groups is 1. The lowest BCUT2D eigenvalue weighted by Gasteiger charge is -2.22. The van der Waals surface area contributed by atoms with Crippen LogP contribution in [0, 0.1) is 0 Å². The number of fused-ring (bicyclic) bond motifs is 1. The molecule has 3 saturated heterocycles. The molecule has 4 amide bonds. The second-order valence-corrected chi connectivity index (χ2v) is 6.55. The van der Waals surface area contributed by atoms with E-state index in [1.165, 1.54) is 4.90 Å². The fourth-order valence-electron chi connectivity index (χ4n) is 3.71. The van der Waals surface area contributed by atoms with Gasteiger partial charge in [0.25, 0.3) is 5.91 Å². The highest BCUT2D eigenvalue weighted by atomic mass is 35.5. The average Bonchev–Trinajstić information content (AvgIpc) is 3.20. The third kappa shape index (κ3) is 2.12. The van der Waals surface area contributed by atoms with Crippen molar-refractivity contribution in [3.05, 3.63) is 29.3 Å². The second kappa shape index (κ2) is 5.23. The third-order valence-corrected chi connectivity index (χ3v) is 5.11. The van der Waals surface area contributed by atoms with E-state index >= 15 is 0 Å². The molecule has 0 spiro atoms. The predicted molar refractivity (Wildman–Crippen MR) is 84.2 cm³/mol. The molecule has 6 nitrogen and oxygen atoms in total. The van der Waals surface area contributed by atoms with Crippen LogP contribution in [0.15, 0.2) is 24.3 Å². The number of rotatable bonds is 2. The van der Waals surface area contributed by atoms with Crippen molar-refractivity contribution in [2.45, 2.75) is 31.3 Å². The topological polar surface area (TPSA) is 60.9 Å². The van der Waals surface area contributed by atoms with Gasteiger partial charge in [-0.15, -0.1) is 0 Å². The molecule has 0 radical (unpaired) electrons. The van der Waals surface area contributed by atoms with Crippen LogP contribution in [0.2, 0.25) is 5.02 Å². The molecule has 0 aromatic heterocycles.